The lowest BCUT2D eigenvalue weighted by Gasteiger charge is -2.14. The average molecular weight is 320 g/mol. The van der Waals surface area contributed by atoms with Gasteiger partial charge < -0.3 is 20.3 Å². The Morgan fingerprint density at radius 2 is 1.78 bits per heavy atom. The quantitative estimate of drug-likeness (QED) is 0.395. The average Bonchev–Trinajstić information content (AvgIpc) is 2.57. The zero-order valence-electron chi connectivity index (χ0n) is 15.1. The number of rotatable bonds is 10. The van der Waals surface area contributed by atoms with Crippen LogP contribution in [0.5, 0.6) is 0 Å². The smallest absolute Gasteiger partial charge is 0.191 e. The van der Waals surface area contributed by atoms with Crippen molar-refractivity contribution in [3.8, 4) is 0 Å². The Labute approximate surface area is 141 Å². The molecule has 0 bridgehead atoms. The molecule has 1 aromatic rings. The molecule has 0 saturated carbocycles. The minimum Gasteiger partial charge on any atom is -0.381 e. The number of nitrogens with one attached hydrogen (secondary N) is 2. The Morgan fingerprint density at radius 1 is 1.09 bits per heavy atom. The minimum atomic E-state index is 0.764. The number of hydrogen-bond donors (Lipinski definition) is 2. The Morgan fingerprint density at radius 3 is 2.39 bits per heavy atom. The number of unbranched alkanes of at least 4 members (excludes halogenated alkanes) is 1. The highest BCUT2D eigenvalue weighted by Crippen LogP contribution is 2.11. The number of hydrogen-bond acceptors (Lipinski definition) is 3. The van der Waals surface area contributed by atoms with Gasteiger partial charge in [0.2, 0.25) is 0 Å². The molecule has 0 saturated heterocycles. The highest BCUT2D eigenvalue weighted by molar-refractivity contribution is 5.79. The van der Waals surface area contributed by atoms with Crippen molar-refractivity contribution < 1.29 is 4.74 Å². The Hall–Kier alpha value is -1.75. The van der Waals surface area contributed by atoms with Crippen LogP contribution in [0.2, 0.25) is 0 Å². The second-order valence-electron chi connectivity index (χ2n) is 5.73. The number of benzene rings is 1. The van der Waals surface area contributed by atoms with Gasteiger partial charge in [0.25, 0.3) is 0 Å². The topological polar surface area (TPSA) is 48.9 Å². The molecule has 1 rings (SSSR count). The largest absolute Gasteiger partial charge is 0.381 e. The van der Waals surface area contributed by atoms with Gasteiger partial charge in [-0.25, -0.2) is 0 Å². The summed E-state index contributed by atoms with van der Waals surface area (Å²) in [5.41, 5.74) is 2.45. The van der Waals surface area contributed by atoms with Crippen molar-refractivity contribution in [2.45, 2.75) is 32.7 Å². The van der Waals surface area contributed by atoms with E-state index in [0.717, 1.165) is 45.1 Å². The van der Waals surface area contributed by atoms with Gasteiger partial charge in [0.05, 0.1) is 0 Å². The third-order valence-corrected chi connectivity index (χ3v) is 3.54. The fraction of sp³-hybridized carbons (Fsp3) is 0.611. The summed E-state index contributed by atoms with van der Waals surface area (Å²) in [5.74, 6) is 0.829. The van der Waals surface area contributed by atoms with Crippen molar-refractivity contribution in [2.75, 3.05) is 45.8 Å². The SMILES string of the molecule is CCCCOCCCNC(=NC)NCc1ccc(N(C)C)cc1. The van der Waals surface area contributed by atoms with Crippen LogP contribution < -0.4 is 15.5 Å². The molecule has 0 spiro atoms. The molecule has 2 N–H and O–H groups in total. The first kappa shape index (κ1) is 19.3. The monoisotopic (exact) mass is 320 g/mol. The molecule has 0 heterocycles. The number of aliphatic imine (C=N–C) groups is 1. The molecule has 1 aromatic carbocycles. The van der Waals surface area contributed by atoms with Gasteiger partial charge in [-0.1, -0.05) is 25.5 Å². The number of anilines is 1. The summed E-state index contributed by atoms with van der Waals surface area (Å²) < 4.78 is 5.55. The highest BCUT2D eigenvalue weighted by atomic mass is 16.5. The fourth-order valence-corrected chi connectivity index (χ4v) is 2.05. The molecule has 0 aliphatic carbocycles. The van der Waals surface area contributed by atoms with Crippen molar-refractivity contribution in [3.05, 3.63) is 29.8 Å². The molecule has 5 heteroatoms. The van der Waals surface area contributed by atoms with Crippen LogP contribution >= 0.6 is 0 Å². The maximum atomic E-state index is 5.55. The van der Waals surface area contributed by atoms with E-state index < -0.39 is 0 Å². The van der Waals surface area contributed by atoms with Crippen molar-refractivity contribution in [1.29, 1.82) is 0 Å². The van der Waals surface area contributed by atoms with E-state index in [2.05, 4.69) is 51.7 Å². The third kappa shape index (κ3) is 8.45. The lowest BCUT2D eigenvalue weighted by molar-refractivity contribution is 0.129. The second-order valence-corrected chi connectivity index (χ2v) is 5.73. The van der Waals surface area contributed by atoms with Crippen LogP contribution in [0.25, 0.3) is 0 Å². The highest BCUT2D eigenvalue weighted by Gasteiger charge is 1.99. The zero-order chi connectivity index (χ0) is 16.9. The molecule has 0 aliphatic rings. The van der Waals surface area contributed by atoms with Gasteiger partial charge in [-0.3, -0.25) is 4.99 Å². The van der Waals surface area contributed by atoms with Crippen molar-refractivity contribution in [2.24, 2.45) is 4.99 Å². The van der Waals surface area contributed by atoms with Gasteiger partial charge in [0, 0.05) is 53.1 Å². The number of guanidine groups is 1. The fourth-order valence-electron chi connectivity index (χ4n) is 2.05. The molecule has 0 aromatic heterocycles. The van der Waals surface area contributed by atoms with Gasteiger partial charge in [-0.15, -0.1) is 0 Å². The lowest BCUT2D eigenvalue weighted by atomic mass is 10.2. The maximum absolute atomic E-state index is 5.55. The molecule has 130 valence electrons. The van der Waals surface area contributed by atoms with Gasteiger partial charge in [0.1, 0.15) is 0 Å². The van der Waals surface area contributed by atoms with Crippen molar-refractivity contribution in [1.82, 2.24) is 10.6 Å². The van der Waals surface area contributed by atoms with E-state index >= 15 is 0 Å². The van der Waals surface area contributed by atoms with Crippen LogP contribution in [0.1, 0.15) is 31.7 Å². The number of ether oxygens (including phenoxy) is 1. The van der Waals surface area contributed by atoms with E-state index in [1.165, 1.54) is 17.7 Å². The van der Waals surface area contributed by atoms with Gasteiger partial charge in [-0.2, -0.15) is 0 Å². The molecule has 0 aliphatic heterocycles. The molecule has 5 nitrogen and oxygen atoms in total. The normalized spacial score (nSPS) is 11.4. The van der Waals surface area contributed by atoms with Crippen LogP contribution in [-0.4, -0.2) is 46.9 Å². The second kappa shape index (κ2) is 11.8. The zero-order valence-corrected chi connectivity index (χ0v) is 15.1. The maximum Gasteiger partial charge on any atom is 0.191 e. The first-order valence-electron chi connectivity index (χ1n) is 8.46. The molecular formula is C18H32N4O. The summed E-state index contributed by atoms with van der Waals surface area (Å²) in [4.78, 5) is 6.34. The third-order valence-electron chi connectivity index (χ3n) is 3.54. The van der Waals surface area contributed by atoms with Crippen molar-refractivity contribution in [3.63, 3.8) is 0 Å². The Kier molecular flexibility index (Phi) is 9.87. The first-order valence-corrected chi connectivity index (χ1v) is 8.46. The van der Waals surface area contributed by atoms with Crippen LogP contribution in [0.15, 0.2) is 29.3 Å². The van der Waals surface area contributed by atoms with Gasteiger partial charge in [0.15, 0.2) is 5.96 Å². The summed E-state index contributed by atoms with van der Waals surface area (Å²) in [6.45, 7) is 5.47. The van der Waals surface area contributed by atoms with E-state index in [-0.39, 0.29) is 0 Å². The first-order chi connectivity index (χ1) is 11.2. The van der Waals surface area contributed by atoms with E-state index in [9.17, 15) is 0 Å². The van der Waals surface area contributed by atoms with E-state index in [4.69, 9.17) is 4.74 Å². The summed E-state index contributed by atoms with van der Waals surface area (Å²) in [5, 5.41) is 6.64. The molecule has 0 amide bonds. The number of nitrogens with zero attached hydrogens (tertiary/aromatic N) is 2. The summed E-state index contributed by atoms with van der Waals surface area (Å²) in [7, 11) is 5.89. The molecule has 0 atom stereocenters. The van der Waals surface area contributed by atoms with Gasteiger partial charge in [-0.05, 0) is 30.5 Å². The predicted octanol–water partition coefficient (Wildman–Crippen LogP) is 2.62. The Balaban J connectivity index is 2.21. The van der Waals surface area contributed by atoms with Crippen LogP contribution in [0.4, 0.5) is 5.69 Å². The van der Waals surface area contributed by atoms with Crippen LogP contribution in [-0.2, 0) is 11.3 Å². The summed E-state index contributed by atoms with van der Waals surface area (Å²) in [6.07, 6.45) is 3.32. The lowest BCUT2D eigenvalue weighted by Crippen LogP contribution is -2.37. The van der Waals surface area contributed by atoms with E-state index in [1.807, 2.05) is 14.1 Å². The van der Waals surface area contributed by atoms with E-state index in [0.29, 0.717) is 0 Å². The standard InChI is InChI=1S/C18H32N4O/c1-5-6-13-23-14-7-12-20-18(19-2)21-15-16-8-10-17(11-9-16)22(3)4/h8-11H,5-7,12-15H2,1-4H3,(H2,19,20,21). The summed E-state index contributed by atoms with van der Waals surface area (Å²) >= 11 is 0. The molecular weight excluding hydrogens is 288 g/mol. The summed E-state index contributed by atoms with van der Waals surface area (Å²) in [6, 6.07) is 8.52. The molecule has 23 heavy (non-hydrogen) atoms. The van der Waals surface area contributed by atoms with E-state index in [1.54, 1.807) is 7.05 Å². The van der Waals surface area contributed by atoms with Crippen LogP contribution in [0, 0.1) is 0 Å². The minimum absolute atomic E-state index is 0.764. The van der Waals surface area contributed by atoms with Crippen molar-refractivity contribution >= 4 is 11.6 Å². The molecule has 0 unspecified atom stereocenters. The van der Waals surface area contributed by atoms with Crippen LogP contribution in [0.3, 0.4) is 0 Å². The molecule has 0 radical (unpaired) electrons. The molecule has 0 fully saturated rings. The predicted molar refractivity (Wildman–Crippen MR) is 99.3 cm³/mol. The Bertz CT molecular complexity index is 443. The van der Waals surface area contributed by atoms with Gasteiger partial charge >= 0.3 is 0 Å².